The van der Waals surface area contributed by atoms with Gasteiger partial charge in [0.1, 0.15) is 0 Å². The van der Waals surface area contributed by atoms with E-state index in [2.05, 4.69) is 49.2 Å². The molecule has 0 saturated heterocycles. The number of hydrogen-bond acceptors (Lipinski definition) is 2. The Kier molecular flexibility index (Phi) is 2.63. The van der Waals surface area contributed by atoms with Crippen LogP contribution in [0, 0.1) is 0 Å². The van der Waals surface area contributed by atoms with Gasteiger partial charge in [-0.15, -0.1) is 0 Å². The minimum absolute atomic E-state index is 0.319. The molecule has 1 aromatic heterocycles. The van der Waals surface area contributed by atoms with Gasteiger partial charge in [-0.1, -0.05) is 50.2 Å². The maximum atomic E-state index is 5.77. The summed E-state index contributed by atoms with van der Waals surface area (Å²) < 4.78 is 5.77. The third-order valence-corrected chi connectivity index (χ3v) is 3.05. The molecule has 0 aliphatic rings. The van der Waals surface area contributed by atoms with Crippen molar-refractivity contribution in [3.63, 3.8) is 0 Å². The third kappa shape index (κ3) is 1.90. The van der Waals surface area contributed by atoms with E-state index in [0.29, 0.717) is 5.92 Å². The lowest BCUT2D eigenvalue weighted by Crippen LogP contribution is -1.84. The summed E-state index contributed by atoms with van der Waals surface area (Å²) in [5, 5.41) is 2.46. The van der Waals surface area contributed by atoms with Crippen molar-refractivity contribution in [1.29, 1.82) is 0 Å². The van der Waals surface area contributed by atoms with Crippen LogP contribution in [0.1, 0.15) is 25.7 Å². The molecule has 0 spiro atoms. The van der Waals surface area contributed by atoms with E-state index in [-0.39, 0.29) is 0 Å². The van der Waals surface area contributed by atoms with E-state index in [1.807, 2.05) is 12.1 Å². The Hall–Kier alpha value is -2.09. The molecule has 2 aromatic carbocycles. The first kappa shape index (κ1) is 11.0. The van der Waals surface area contributed by atoms with Gasteiger partial charge in [-0.05, 0) is 16.8 Å². The molecular formula is C16H15NO. The topological polar surface area (TPSA) is 26.0 Å². The van der Waals surface area contributed by atoms with Crippen molar-refractivity contribution in [3.05, 3.63) is 54.6 Å². The molecule has 0 radical (unpaired) electrons. The Bertz CT molecular complexity index is 682. The van der Waals surface area contributed by atoms with Gasteiger partial charge in [0, 0.05) is 11.5 Å². The first-order valence-electron chi connectivity index (χ1n) is 6.19. The van der Waals surface area contributed by atoms with Crippen molar-refractivity contribution in [1.82, 2.24) is 4.98 Å². The summed E-state index contributed by atoms with van der Waals surface area (Å²) in [6.45, 7) is 4.16. The third-order valence-electron chi connectivity index (χ3n) is 3.05. The van der Waals surface area contributed by atoms with Crippen molar-refractivity contribution in [2.45, 2.75) is 19.8 Å². The van der Waals surface area contributed by atoms with E-state index in [0.717, 1.165) is 17.2 Å². The zero-order valence-corrected chi connectivity index (χ0v) is 10.6. The molecule has 2 heteroatoms. The van der Waals surface area contributed by atoms with E-state index in [1.165, 1.54) is 10.8 Å². The molecule has 0 unspecified atom stereocenters. The Morgan fingerprint density at radius 3 is 2.50 bits per heavy atom. The van der Waals surface area contributed by atoms with Crippen LogP contribution in [0.3, 0.4) is 0 Å². The van der Waals surface area contributed by atoms with Crippen LogP contribution in [-0.2, 0) is 0 Å². The molecule has 3 rings (SSSR count). The molecule has 0 fully saturated rings. The lowest BCUT2D eigenvalue weighted by Gasteiger charge is -2.01. The fourth-order valence-corrected chi connectivity index (χ4v) is 2.03. The minimum Gasteiger partial charge on any atom is -0.440 e. The molecule has 0 bridgehead atoms. The molecule has 0 amide bonds. The van der Waals surface area contributed by atoms with Crippen molar-refractivity contribution in [2.75, 3.05) is 0 Å². The van der Waals surface area contributed by atoms with E-state index in [4.69, 9.17) is 4.42 Å². The number of nitrogens with zero attached hydrogens (tertiary/aromatic N) is 1. The molecule has 90 valence electrons. The first-order chi connectivity index (χ1) is 8.74. The Morgan fingerprint density at radius 1 is 1.00 bits per heavy atom. The van der Waals surface area contributed by atoms with Gasteiger partial charge < -0.3 is 4.42 Å². The predicted molar refractivity (Wildman–Crippen MR) is 73.5 cm³/mol. The van der Waals surface area contributed by atoms with Gasteiger partial charge in [0.2, 0.25) is 0 Å². The molecule has 0 saturated carbocycles. The van der Waals surface area contributed by atoms with Crippen LogP contribution in [0.2, 0.25) is 0 Å². The predicted octanol–water partition coefficient (Wildman–Crippen LogP) is 4.62. The SMILES string of the molecule is CC(C)c1ncc(-c2ccc3ccccc3c2)o1. The highest BCUT2D eigenvalue weighted by Gasteiger charge is 2.09. The highest BCUT2D eigenvalue weighted by molar-refractivity contribution is 5.86. The van der Waals surface area contributed by atoms with Crippen LogP contribution in [-0.4, -0.2) is 4.98 Å². The van der Waals surface area contributed by atoms with Gasteiger partial charge in [-0.3, -0.25) is 0 Å². The second-order valence-corrected chi connectivity index (χ2v) is 4.78. The molecule has 18 heavy (non-hydrogen) atoms. The Labute approximate surface area is 106 Å². The van der Waals surface area contributed by atoms with Crippen LogP contribution >= 0.6 is 0 Å². The quantitative estimate of drug-likeness (QED) is 0.650. The Morgan fingerprint density at radius 2 is 1.78 bits per heavy atom. The average molecular weight is 237 g/mol. The lowest BCUT2D eigenvalue weighted by molar-refractivity contribution is 0.481. The fraction of sp³-hybridized carbons (Fsp3) is 0.188. The van der Waals surface area contributed by atoms with E-state index in [9.17, 15) is 0 Å². The van der Waals surface area contributed by atoms with Crippen molar-refractivity contribution < 1.29 is 4.42 Å². The summed E-state index contributed by atoms with van der Waals surface area (Å²) in [6.07, 6.45) is 1.80. The highest BCUT2D eigenvalue weighted by Crippen LogP contribution is 2.26. The molecule has 2 nitrogen and oxygen atoms in total. The van der Waals surface area contributed by atoms with Crippen molar-refractivity contribution >= 4 is 10.8 Å². The van der Waals surface area contributed by atoms with E-state index < -0.39 is 0 Å². The Balaban J connectivity index is 2.07. The number of hydrogen-bond donors (Lipinski definition) is 0. The smallest absolute Gasteiger partial charge is 0.197 e. The first-order valence-corrected chi connectivity index (χ1v) is 6.19. The lowest BCUT2D eigenvalue weighted by atomic mass is 10.1. The van der Waals surface area contributed by atoms with Gasteiger partial charge in [-0.2, -0.15) is 0 Å². The molecule has 1 heterocycles. The van der Waals surface area contributed by atoms with E-state index >= 15 is 0 Å². The van der Waals surface area contributed by atoms with Crippen LogP contribution in [0.15, 0.2) is 53.1 Å². The maximum absolute atomic E-state index is 5.77. The number of fused-ring (bicyclic) bond motifs is 1. The summed E-state index contributed by atoms with van der Waals surface area (Å²) in [7, 11) is 0. The molecule has 0 N–H and O–H groups in total. The molecule has 0 atom stereocenters. The molecule has 3 aromatic rings. The fourth-order valence-electron chi connectivity index (χ4n) is 2.03. The summed E-state index contributed by atoms with van der Waals surface area (Å²) in [4.78, 5) is 4.31. The van der Waals surface area contributed by atoms with Crippen LogP contribution < -0.4 is 0 Å². The van der Waals surface area contributed by atoms with Gasteiger partial charge in [0.05, 0.1) is 6.20 Å². The highest BCUT2D eigenvalue weighted by atomic mass is 16.4. The van der Waals surface area contributed by atoms with Gasteiger partial charge >= 0.3 is 0 Å². The van der Waals surface area contributed by atoms with Crippen molar-refractivity contribution in [2.24, 2.45) is 0 Å². The summed E-state index contributed by atoms with van der Waals surface area (Å²) in [6, 6.07) is 14.6. The second kappa shape index (κ2) is 4.30. The standard InChI is InChI=1S/C16H15NO/c1-11(2)16-17-10-15(18-16)14-8-7-12-5-3-4-6-13(12)9-14/h3-11H,1-2H3. The van der Waals surface area contributed by atoms with Crippen LogP contribution in [0.4, 0.5) is 0 Å². The largest absolute Gasteiger partial charge is 0.440 e. The minimum atomic E-state index is 0.319. The number of aromatic nitrogens is 1. The molecule has 0 aliphatic heterocycles. The summed E-state index contributed by atoms with van der Waals surface area (Å²) >= 11 is 0. The van der Waals surface area contributed by atoms with Gasteiger partial charge in [-0.25, -0.2) is 4.98 Å². The normalized spacial score (nSPS) is 11.3. The second-order valence-electron chi connectivity index (χ2n) is 4.78. The zero-order chi connectivity index (χ0) is 12.5. The number of oxazole rings is 1. The number of benzene rings is 2. The molecule has 0 aliphatic carbocycles. The monoisotopic (exact) mass is 237 g/mol. The van der Waals surface area contributed by atoms with Gasteiger partial charge in [0.15, 0.2) is 11.7 Å². The average Bonchev–Trinajstić information content (AvgIpc) is 2.88. The zero-order valence-electron chi connectivity index (χ0n) is 10.6. The maximum Gasteiger partial charge on any atom is 0.197 e. The van der Waals surface area contributed by atoms with E-state index in [1.54, 1.807) is 6.20 Å². The molecular weight excluding hydrogens is 222 g/mol. The van der Waals surface area contributed by atoms with Crippen LogP contribution in [0.25, 0.3) is 22.1 Å². The van der Waals surface area contributed by atoms with Crippen LogP contribution in [0.5, 0.6) is 0 Å². The van der Waals surface area contributed by atoms with Gasteiger partial charge in [0.25, 0.3) is 0 Å². The summed E-state index contributed by atoms with van der Waals surface area (Å²) in [5.41, 5.74) is 1.08. The number of rotatable bonds is 2. The summed E-state index contributed by atoms with van der Waals surface area (Å²) in [5.74, 6) is 1.95. The van der Waals surface area contributed by atoms with Crippen molar-refractivity contribution in [3.8, 4) is 11.3 Å².